The monoisotopic (exact) mass is 200 g/mol. The Morgan fingerprint density at radius 2 is 1.57 bits per heavy atom. The Morgan fingerprint density at radius 1 is 1.00 bits per heavy atom. The number of hydrogen-bond donors (Lipinski definition) is 0. The number of rotatable bonds is 2. The van der Waals surface area contributed by atoms with Gasteiger partial charge in [0.1, 0.15) is 0 Å². The molecule has 0 aromatic rings. The largest absolute Gasteiger partial charge is 0.0776 e. The molecule has 3 atom stereocenters. The van der Waals surface area contributed by atoms with Gasteiger partial charge in [-0.2, -0.15) is 0 Å². The summed E-state index contributed by atoms with van der Waals surface area (Å²) in [4.78, 5) is 0. The van der Waals surface area contributed by atoms with Crippen LogP contribution in [0.15, 0.2) is 0 Å². The highest BCUT2D eigenvalue weighted by molar-refractivity contribution is 4.78. The van der Waals surface area contributed by atoms with E-state index in [1.807, 2.05) is 13.8 Å². The van der Waals surface area contributed by atoms with Crippen LogP contribution in [-0.4, -0.2) is 0 Å². The van der Waals surface area contributed by atoms with E-state index >= 15 is 0 Å². The standard InChI is InChI=1S/C11H22.C2H6.CH4/c1-4-10-8-6-7-9(3)11(10)5-2;1-2;/h9-11H,4-8H2,1-3H3;1-2H3;1H4. The van der Waals surface area contributed by atoms with Gasteiger partial charge in [0.05, 0.1) is 0 Å². The van der Waals surface area contributed by atoms with Crippen LogP contribution in [-0.2, 0) is 0 Å². The van der Waals surface area contributed by atoms with Crippen LogP contribution in [0.5, 0.6) is 0 Å². The van der Waals surface area contributed by atoms with Crippen molar-refractivity contribution in [2.45, 2.75) is 74.1 Å². The Balaban J connectivity index is 0. The Hall–Kier alpha value is 0. The lowest BCUT2D eigenvalue weighted by molar-refractivity contribution is 0.155. The summed E-state index contributed by atoms with van der Waals surface area (Å²) in [6.07, 6.45) is 7.27. The van der Waals surface area contributed by atoms with Gasteiger partial charge in [0.25, 0.3) is 0 Å². The van der Waals surface area contributed by atoms with Crippen LogP contribution >= 0.6 is 0 Å². The fourth-order valence-corrected chi connectivity index (χ4v) is 2.84. The molecular formula is C14H32. The van der Waals surface area contributed by atoms with Crippen molar-refractivity contribution in [3.05, 3.63) is 0 Å². The molecule has 0 heteroatoms. The van der Waals surface area contributed by atoms with Gasteiger partial charge in [-0.1, -0.05) is 74.1 Å². The lowest BCUT2D eigenvalue weighted by Gasteiger charge is -2.35. The molecule has 0 aliphatic heterocycles. The minimum absolute atomic E-state index is 0. The third kappa shape index (κ3) is 4.48. The van der Waals surface area contributed by atoms with Gasteiger partial charge < -0.3 is 0 Å². The Bertz CT molecular complexity index is 107. The van der Waals surface area contributed by atoms with Crippen LogP contribution in [0.25, 0.3) is 0 Å². The molecule has 14 heavy (non-hydrogen) atoms. The van der Waals surface area contributed by atoms with E-state index in [-0.39, 0.29) is 7.43 Å². The molecule has 0 aromatic carbocycles. The molecule has 0 nitrogen and oxygen atoms in total. The van der Waals surface area contributed by atoms with Gasteiger partial charge in [-0.05, 0) is 17.8 Å². The zero-order valence-electron chi connectivity index (χ0n) is 10.3. The first-order valence-electron chi connectivity index (χ1n) is 6.29. The Kier molecular flexibility index (Phi) is 11.2. The maximum atomic E-state index is 2.44. The van der Waals surface area contributed by atoms with Gasteiger partial charge in [-0.15, -0.1) is 0 Å². The molecule has 88 valence electrons. The molecule has 0 heterocycles. The Labute approximate surface area is 92.5 Å². The molecule has 1 rings (SSSR count). The maximum absolute atomic E-state index is 2.44. The van der Waals surface area contributed by atoms with E-state index in [0.29, 0.717) is 0 Å². The molecule has 1 saturated carbocycles. The van der Waals surface area contributed by atoms with E-state index in [2.05, 4.69) is 20.8 Å². The van der Waals surface area contributed by atoms with E-state index in [1.165, 1.54) is 32.1 Å². The van der Waals surface area contributed by atoms with Crippen LogP contribution in [0.2, 0.25) is 0 Å². The molecule has 0 bridgehead atoms. The normalized spacial score (nSPS) is 31.1. The van der Waals surface area contributed by atoms with Crippen LogP contribution in [0, 0.1) is 17.8 Å². The summed E-state index contributed by atoms with van der Waals surface area (Å²) in [5.74, 6) is 3.08. The van der Waals surface area contributed by atoms with Crippen molar-refractivity contribution in [3.8, 4) is 0 Å². The topological polar surface area (TPSA) is 0 Å². The fourth-order valence-electron chi connectivity index (χ4n) is 2.84. The predicted molar refractivity (Wildman–Crippen MR) is 68.7 cm³/mol. The first kappa shape index (κ1) is 16.4. The maximum Gasteiger partial charge on any atom is -0.0363 e. The Morgan fingerprint density at radius 3 is 1.93 bits per heavy atom. The van der Waals surface area contributed by atoms with Crippen LogP contribution in [0.4, 0.5) is 0 Å². The van der Waals surface area contributed by atoms with Crippen molar-refractivity contribution in [1.29, 1.82) is 0 Å². The lowest BCUT2D eigenvalue weighted by atomic mass is 9.71. The average Bonchev–Trinajstić information content (AvgIpc) is 2.20. The van der Waals surface area contributed by atoms with Crippen molar-refractivity contribution in [3.63, 3.8) is 0 Å². The van der Waals surface area contributed by atoms with E-state index < -0.39 is 0 Å². The van der Waals surface area contributed by atoms with Crippen molar-refractivity contribution < 1.29 is 0 Å². The molecule has 0 radical (unpaired) electrons. The molecule has 0 saturated heterocycles. The molecule has 1 aliphatic carbocycles. The van der Waals surface area contributed by atoms with E-state index in [0.717, 1.165) is 17.8 Å². The highest BCUT2D eigenvalue weighted by atomic mass is 14.3. The summed E-state index contributed by atoms with van der Waals surface area (Å²) in [7, 11) is 0. The number of hydrogen-bond acceptors (Lipinski definition) is 0. The van der Waals surface area contributed by atoms with Crippen LogP contribution in [0.3, 0.4) is 0 Å². The summed E-state index contributed by atoms with van der Waals surface area (Å²) in [6.45, 7) is 11.1. The molecule has 0 aromatic heterocycles. The summed E-state index contributed by atoms with van der Waals surface area (Å²) in [5.41, 5.74) is 0. The first-order valence-corrected chi connectivity index (χ1v) is 6.29. The zero-order valence-corrected chi connectivity index (χ0v) is 10.3. The van der Waals surface area contributed by atoms with Crippen molar-refractivity contribution in [2.24, 2.45) is 17.8 Å². The summed E-state index contributed by atoms with van der Waals surface area (Å²) < 4.78 is 0. The van der Waals surface area contributed by atoms with Gasteiger partial charge in [0.15, 0.2) is 0 Å². The zero-order chi connectivity index (χ0) is 10.3. The average molecular weight is 200 g/mol. The van der Waals surface area contributed by atoms with Crippen molar-refractivity contribution >= 4 is 0 Å². The molecular weight excluding hydrogens is 168 g/mol. The van der Waals surface area contributed by atoms with E-state index in [9.17, 15) is 0 Å². The quantitative estimate of drug-likeness (QED) is 0.550. The summed E-state index contributed by atoms with van der Waals surface area (Å²) >= 11 is 0. The molecule has 0 spiro atoms. The van der Waals surface area contributed by atoms with Gasteiger partial charge >= 0.3 is 0 Å². The lowest BCUT2D eigenvalue weighted by Crippen LogP contribution is -2.25. The minimum atomic E-state index is 0. The van der Waals surface area contributed by atoms with Crippen molar-refractivity contribution in [1.82, 2.24) is 0 Å². The van der Waals surface area contributed by atoms with Crippen molar-refractivity contribution in [2.75, 3.05) is 0 Å². The fraction of sp³-hybridized carbons (Fsp3) is 1.00. The molecule has 0 N–H and O–H groups in total. The molecule has 3 unspecified atom stereocenters. The highest BCUT2D eigenvalue weighted by Crippen LogP contribution is 2.38. The molecule has 0 amide bonds. The minimum Gasteiger partial charge on any atom is -0.0776 e. The second-order valence-corrected chi connectivity index (χ2v) is 4.15. The van der Waals surface area contributed by atoms with Gasteiger partial charge in [-0.3, -0.25) is 0 Å². The molecule has 1 fully saturated rings. The summed E-state index contributed by atoms with van der Waals surface area (Å²) in [5, 5.41) is 0. The highest BCUT2D eigenvalue weighted by Gasteiger charge is 2.27. The second-order valence-electron chi connectivity index (χ2n) is 4.15. The smallest absolute Gasteiger partial charge is 0.0363 e. The van der Waals surface area contributed by atoms with E-state index in [4.69, 9.17) is 0 Å². The first-order chi connectivity index (χ1) is 6.29. The van der Waals surface area contributed by atoms with E-state index in [1.54, 1.807) is 0 Å². The second kappa shape index (κ2) is 9.55. The third-order valence-corrected chi connectivity index (χ3v) is 3.57. The van der Waals surface area contributed by atoms with Gasteiger partial charge in [-0.25, -0.2) is 0 Å². The molecule has 1 aliphatic rings. The third-order valence-electron chi connectivity index (χ3n) is 3.57. The van der Waals surface area contributed by atoms with Gasteiger partial charge in [0, 0.05) is 0 Å². The van der Waals surface area contributed by atoms with Crippen LogP contribution < -0.4 is 0 Å². The summed E-state index contributed by atoms with van der Waals surface area (Å²) in [6, 6.07) is 0. The van der Waals surface area contributed by atoms with Crippen LogP contribution in [0.1, 0.15) is 74.1 Å². The predicted octanol–water partition coefficient (Wildman–Crippen LogP) is 5.52. The SMILES string of the molecule is C.CC.CCC1CCCC(C)C1CC. The van der Waals surface area contributed by atoms with Gasteiger partial charge in [0.2, 0.25) is 0 Å².